The van der Waals surface area contributed by atoms with Gasteiger partial charge in [0.25, 0.3) is 13.4 Å². The summed E-state index contributed by atoms with van der Waals surface area (Å²) < 4.78 is 20.2. The second-order valence-electron chi connectivity index (χ2n) is 18.7. The molecule has 4 nitrogen and oxygen atoms in total. The van der Waals surface area contributed by atoms with E-state index in [4.69, 9.17) is 9.47 Å². The van der Waals surface area contributed by atoms with Crippen molar-refractivity contribution in [3.63, 3.8) is 0 Å². The third-order valence-electron chi connectivity index (χ3n) is 15.8. The van der Waals surface area contributed by atoms with Crippen LogP contribution in [-0.2, 0) is 25.7 Å². The Bertz CT molecular complexity index is 3500. The summed E-state index contributed by atoms with van der Waals surface area (Å²) in [5.41, 5.74) is 24.0. The molecular weight excluding hydrogens is 754 g/mol. The molecule has 6 heteroatoms. The van der Waals surface area contributed by atoms with Gasteiger partial charge in [0.05, 0.1) is 11.0 Å². The van der Waals surface area contributed by atoms with Gasteiger partial charge < -0.3 is 18.6 Å². The summed E-state index contributed by atoms with van der Waals surface area (Å²) in [6.07, 6.45) is 9.04. The predicted octanol–water partition coefficient (Wildman–Crippen LogP) is 9.18. The van der Waals surface area contributed by atoms with Gasteiger partial charge in [-0.1, -0.05) is 97.1 Å². The SMILES string of the molecule is c1cc2c3c(c1)-n1c4ccccc4c4cccc(c41)B3c1cc3c(c(-c4c5c(cc6c4Oc4cccc7c4B6c4cccc6c8ccccc8n-7c46)CCCC5)c1O2)CCCC3. The van der Waals surface area contributed by atoms with Crippen LogP contribution in [0.5, 0.6) is 23.0 Å². The van der Waals surface area contributed by atoms with Crippen molar-refractivity contribution in [1.82, 2.24) is 9.13 Å². The molecule has 0 saturated carbocycles. The van der Waals surface area contributed by atoms with Crippen LogP contribution in [0.15, 0.2) is 133 Å². The van der Waals surface area contributed by atoms with Gasteiger partial charge in [-0.2, -0.15) is 0 Å². The van der Waals surface area contributed by atoms with Crippen molar-refractivity contribution in [2.75, 3.05) is 0 Å². The van der Waals surface area contributed by atoms with E-state index in [9.17, 15) is 0 Å². The van der Waals surface area contributed by atoms with Crippen molar-refractivity contribution in [1.29, 1.82) is 0 Å². The summed E-state index contributed by atoms with van der Waals surface area (Å²) in [7, 11) is 0. The van der Waals surface area contributed by atoms with Crippen molar-refractivity contribution in [3.8, 4) is 45.5 Å². The van der Waals surface area contributed by atoms with Crippen LogP contribution < -0.4 is 42.3 Å². The number of rotatable bonds is 1. The van der Waals surface area contributed by atoms with E-state index in [1.54, 1.807) is 0 Å². The van der Waals surface area contributed by atoms with Crippen molar-refractivity contribution in [2.45, 2.75) is 51.4 Å². The molecule has 290 valence electrons. The van der Waals surface area contributed by atoms with E-state index in [1.807, 2.05) is 0 Å². The van der Waals surface area contributed by atoms with Gasteiger partial charge in [-0.25, -0.2) is 0 Å². The van der Waals surface area contributed by atoms with Crippen molar-refractivity contribution < 1.29 is 9.47 Å². The number of hydrogen-bond donors (Lipinski definition) is 0. The first-order chi connectivity index (χ1) is 30.8. The molecule has 0 amide bonds. The summed E-state index contributed by atoms with van der Waals surface area (Å²) in [6, 6.07) is 50.4. The highest BCUT2D eigenvalue weighted by molar-refractivity contribution is 7.00. The van der Waals surface area contributed by atoms with E-state index in [0.717, 1.165) is 48.7 Å². The smallest absolute Gasteiger partial charge is 0.256 e. The molecule has 2 aliphatic carbocycles. The number of nitrogens with zero attached hydrogens (tertiary/aromatic N) is 2. The number of ether oxygens (including phenoxy) is 2. The van der Waals surface area contributed by atoms with E-state index in [2.05, 4.69) is 143 Å². The average Bonchev–Trinajstić information content (AvgIpc) is 3.85. The van der Waals surface area contributed by atoms with Crippen LogP contribution >= 0.6 is 0 Å². The highest BCUT2D eigenvalue weighted by atomic mass is 16.5. The molecule has 0 saturated heterocycles. The summed E-state index contributed by atoms with van der Waals surface area (Å²) in [5, 5.41) is 5.24. The minimum Gasteiger partial charge on any atom is -0.458 e. The first-order valence-corrected chi connectivity index (χ1v) is 22.8. The quantitative estimate of drug-likeness (QED) is 0.155. The summed E-state index contributed by atoms with van der Waals surface area (Å²) in [6.45, 7) is 0.0998. The molecule has 8 aromatic carbocycles. The van der Waals surface area contributed by atoms with Gasteiger partial charge in [0.1, 0.15) is 23.0 Å². The normalized spacial score (nSPS) is 15.7. The minimum absolute atomic E-state index is 0.0499. The topological polar surface area (TPSA) is 28.3 Å². The molecule has 6 aliphatic rings. The van der Waals surface area contributed by atoms with Crippen molar-refractivity contribution in [2.24, 2.45) is 0 Å². The zero-order chi connectivity index (χ0) is 39.9. The molecule has 0 radical (unpaired) electrons. The standard InChI is InChI=1S/C56H38B2N2O2/c1-3-15-33-31(13-1)29-41-55(61-47-27-11-25-45-51(47)57(41)39-21-9-19-37-35-17-5-7-23-43(35)59(45)53(37)39)49(33)50-34-16-4-2-14-32(34)30-42-56(50)62-48-28-12-26-46-52(48)58(42)40-22-10-20-38-36-18-6-8-24-44(36)60(46)54(38)40/h5-12,17-30H,1-4,13-16H2. The van der Waals surface area contributed by atoms with Crippen LogP contribution in [0.25, 0.3) is 66.1 Å². The molecule has 62 heavy (non-hydrogen) atoms. The molecule has 4 aliphatic heterocycles. The van der Waals surface area contributed by atoms with Gasteiger partial charge in [-0.15, -0.1) is 0 Å². The molecule has 0 spiro atoms. The molecule has 2 aromatic heterocycles. The monoisotopic (exact) mass is 792 g/mol. The van der Waals surface area contributed by atoms with E-state index in [-0.39, 0.29) is 13.4 Å². The predicted molar refractivity (Wildman–Crippen MR) is 256 cm³/mol. The lowest BCUT2D eigenvalue weighted by Gasteiger charge is -2.38. The fraction of sp³-hybridized carbons (Fsp3) is 0.143. The Labute approximate surface area is 359 Å². The van der Waals surface area contributed by atoms with Gasteiger partial charge in [-0.3, -0.25) is 0 Å². The second kappa shape index (κ2) is 11.5. The number of hydrogen-bond acceptors (Lipinski definition) is 2. The van der Waals surface area contributed by atoms with Crippen molar-refractivity contribution in [3.05, 3.63) is 156 Å². The molecule has 0 bridgehead atoms. The Morgan fingerprint density at radius 1 is 0.403 bits per heavy atom. The maximum atomic E-state index is 7.56. The zero-order valence-electron chi connectivity index (χ0n) is 34.2. The number of aryl methyl sites for hydroxylation is 2. The third-order valence-corrected chi connectivity index (χ3v) is 15.8. The molecule has 10 aromatic rings. The minimum atomic E-state index is 0.0499. The van der Waals surface area contributed by atoms with Crippen LogP contribution in [0, 0.1) is 0 Å². The van der Waals surface area contributed by atoms with Crippen LogP contribution in [-0.4, -0.2) is 22.6 Å². The maximum Gasteiger partial charge on any atom is 0.256 e. The highest BCUT2D eigenvalue weighted by Crippen LogP contribution is 2.51. The molecule has 0 fully saturated rings. The van der Waals surface area contributed by atoms with E-state index >= 15 is 0 Å². The number of para-hydroxylation sites is 4. The Morgan fingerprint density at radius 2 is 0.839 bits per heavy atom. The van der Waals surface area contributed by atoms with E-state index in [1.165, 1.54) is 147 Å². The average molecular weight is 793 g/mol. The van der Waals surface area contributed by atoms with Gasteiger partial charge in [0.2, 0.25) is 0 Å². The first-order valence-electron chi connectivity index (χ1n) is 22.8. The first kappa shape index (κ1) is 32.8. The van der Waals surface area contributed by atoms with Crippen LogP contribution in [0.2, 0.25) is 0 Å². The Hall–Kier alpha value is -6.91. The lowest BCUT2D eigenvalue weighted by molar-refractivity contribution is 0.479. The summed E-state index contributed by atoms with van der Waals surface area (Å²) >= 11 is 0. The fourth-order valence-corrected chi connectivity index (χ4v) is 13.4. The number of aromatic nitrogens is 2. The van der Waals surface area contributed by atoms with Crippen molar-refractivity contribution >= 4 is 89.8 Å². The summed E-state index contributed by atoms with van der Waals surface area (Å²) in [4.78, 5) is 0. The maximum absolute atomic E-state index is 7.56. The zero-order valence-corrected chi connectivity index (χ0v) is 34.2. The number of benzene rings is 8. The lowest BCUT2D eigenvalue weighted by Crippen LogP contribution is -2.59. The second-order valence-corrected chi connectivity index (χ2v) is 18.7. The van der Waals surface area contributed by atoms with Crippen LogP contribution in [0.4, 0.5) is 0 Å². The van der Waals surface area contributed by atoms with Crippen LogP contribution in [0.1, 0.15) is 47.9 Å². The largest absolute Gasteiger partial charge is 0.458 e. The molecule has 16 rings (SSSR count). The number of fused-ring (bicyclic) bond motifs is 16. The molecule has 6 heterocycles. The molecule has 0 atom stereocenters. The molecular formula is C56H38B2N2O2. The Kier molecular flexibility index (Phi) is 6.09. The Morgan fingerprint density at radius 3 is 1.34 bits per heavy atom. The third kappa shape index (κ3) is 3.86. The lowest BCUT2D eigenvalue weighted by atomic mass is 9.33. The van der Waals surface area contributed by atoms with Gasteiger partial charge in [-0.05, 0) is 143 Å². The van der Waals surface area contributed by atoms with Gasteiger partial charge in [0, 0.05) is 55.1 Å². The fourth-order valence-electron chi connectivity index (χ4n) is 13.4. The van der Waals surface area contributed by atoms with Gasteiger partial charge >= 0.3 is 0 Å². The van der Waals surface area contributed by atoms with E-state index < -0.39 is 0 Å². The molecule has 0 unspecified atom stereocenters. The molecule has 0 N–H and O–H groups in total. The van der Waals surface area contributed by atoms with E-state index in [0.29, 0.717) is 0 Å². The van der Waals surface area contributed by atoms with Crippen LogP contribution in [0.3, 0.4) is 0 Å². The highest BCUT2D eigenvalue weighted by Gasteiger charge is 2.46. The summed E-state index contributed by atoms with van der Waals surface area (Å²) in [5.74, 6) is 4.02. The van der Waals surface area contributed by atoms with Gasteiger partial charge in [0.15, 0.2) is 0 Å². The Balaban J connectivity index is 1.02.